The Bertz CT molecular complexity index is 266. The quantitative estimate of drug-likeness (QED) is 0.835. The highest BCUT2D eigenvalue weighted by Crippen LogP contribution is 2.23. The van der Waals surface area contributed by atoms with Crippen molar-refractivity contribution in [2.45, 2.75) is 19.9 Å². The van der Waals surface area contributed by atoms with Gasteiger partial charge in [-0.3, -0.25) is 0 Å². The average Bonchev–Trinajstić information content (AvgIpc) is 2.47. The fourth-order valence-corrected chi connectivity index (χ4v) is 1.82. The molecule has 1 aromatic rings. The van der Waals surface area contributed by atoms with Gasteiger partial charge in [-0.2, -0.15) is 8.75 Å². The van der Waals surface area contributed by atoms with Crippen molar-refractivity contribution >= 4 is 29.1 Å². The number of aromatic nitrogens is 2. The smallest absolute Gasteiger partial charge is 0.187 e. The highest BCUT2D eigenvalue weighted by atomic mass is 35.5. The van der Waals surface area contributed by atoms with Gasteiger partial charge in [-0.05, 0) is 13.8 Å². The Kier molecular flexibility index (Phi) is 3.90. The molecular formula is C7H12ClN3OS. The lowest BCUT2D eigenvalue weighted by Gasteiger charge is -2.25. The Balaban J connectivity index is 2.82. The Morgan fingerprint density at radius 3 is 2.62 bits per heavy atom. The lowest BCUT2D eigenvalue weighted by molar-refractivity contribution is 0.298. The van der Waals surface area contributed by atoms with Crippen LogP contribution in [-0.2, 0) is 0 Å². The van der Waals surface area contributed by atoms with Crippen molar-refractivity contribution in [2.75, 3.05) is 18.1 Å². The predicted molar refractivity (Wildman–Crippen MR) is 54.5 cm³/mol. The van der Waals surface area contributed by atoms with Crippen molar-refractivity contribution in [1.29, 1.82) is 0 Å². The summed E-state index contributed by atoms with van der Waals surface area (Å²) in [4.78, 5) is 1.92. The minimum atomic E-state index is 0.0893. The van der Waals surface area contributed by atoms with E-state index in [-0.39, 0.29) is 12.6 Å². The summed E-state index contributed by atoms with van der Waals surface area (Å²) in [6.45, 7) is 4.66. The third kappa shape index (κ3) is 2.52. The zero-order chi connectivity index (χ0) is 9.84. The first-order valence-corrected chi connectivity index (χ1v) is 5.13. The summed E-state index contributed by atoms with van der Waals surface area (Å²) in [6.07, 6.45) is 0. The molecule has 4 nitrogen and oxygen atoms in total. The molecule has 0 atom stereocenters. The molecule has 0 saturated heterocycles. The second kappa shape index (κ2) is 4.74. The van der Waals surface area contributed by atoms with Gasteiger partial charge in [0.05, 0.1) is 18.3 Å². The third-order valence-corrected chi connectivity index (χ3v) is 2.54. The van der Waals surface area contributed by atoms with Crippen molar-refractivity contribution in [1.82, 2.24) is 8.75 Å². The first kappa shape index (κ1) is 10.7. The first-order valence-electron chi connectivity index (χ1n) is 4.02. The summed E-state index contributed by atoms with van der Waals surface area (Å²) in [5, 5.41) is 9.26. The molecule has 0 fully saturated rings. The van der Waals surface area contributed by atoms with E-state index in [1.165, 1.54) is 0 Å². The second-order valence-corrected chi connectivity index (χ2v) is 3.78. The molecule has 0 radical (unpaired) electrons. The molecule has 0 aliphatic heterocycles. The van der Waals surface area contributed by atoms with Crippen LogP contribution in [0.2, 0.25) is 5.15 Å². The molecule has 0 spiro atoms. The summed E-state index contributed by atoms with van der Waals surface area (Å²) >= 11 is 6.91. The van der Waals surface area contributed by atoms with E-state index in [0.29, 0.717) is 17.5 Å². The van der Waals surface area contributed by atoms with Gasteiger partial charge in [-0.15, -0.1) is 0 Å². The molecule has 0 aliphatic rings. The number of nitrogens with zero attached hydrogens (tertiary/aromatic N) is 3. The van der Waals surface area contributed by atoms with Crippen LogP contribution < -0.4 is 4.90 Å². The fraction of sp³-hybridized carbons (Fsp3) is 0.714. The lowest BCUT2D eigenvalue weighted by Crippen LogP contribution is -2.33. The normalized spacial score (nSPS) is 10.8. The summed E-state index contributed by atoms with van der Waals surface area (Å²) in [7, 11) is 0. The Morgan fingerprint density at radius 2 is 2.23 bits per heavy atom. The third-order valence-electron chi connectivity index (χ3n) is 1.67. The number of hydrogen-bond donors (Lipinski definition) is 1. The number of aliphatic hydroxyl groups excluding tert-OH is 1. The maximum Gasteiger partial charge on any atom is 0.187 e. The van der Waals surface area contributed by atoms with Crippen LogP contribution >= 0.6 is 23.3 Å². The lowest BCUT2D eigenvalue weighted by atomic mass is 10.3. The van der Waals surface area contributed by atoms with Gasteiger partial charge in [0.2, 0.25) is 0 Å². The van der Waals surface area contributed by atoms with Crippen molar-refractivity contribution in [3.63, 3.8) is 0 Å². The molecule has 0 aliphatic carbocycles. The predicted octanol–water partition coefficient (Wildman–Crippen LogP) is 1.40. The average molecular weight is 222 g/mol. The van der Waals surface area contributed by atoms with Crippen molar-refractivity contribution in [2.24, 2.45) is 0 Å². The minimum absolute atomic E-state index is 0.0893. The zero-order valence-corrected chi connectivity index (χ0v) is 9.14. The summed E-state index contributed by atoms with van der Waals surface area (Å²) in [5.41, 5.74) is 0. The molecule has 0 saturated carbocycles. The number of rotatable bonds is 4. The summed E-state index contributed by atoms with van der Waals surface area (Å²) < 4.78 is 7.94. The van der Waals surface area contributed by atoms with E-state index in [4.69, 9.17) is 16.7 Å². The van der Waals surface area contributed by atoms with E-state index in [1.54, 1.807) is 0 Å². The van der Waals surface area contributed by atoms with Gasteiger partial charge in [0, 0.05) is 12.6 Å². The first-order chi connectivity index (χ1) is 6.16. The van der Waals surface area contributed by atoms with Gasteiger partial charge in [-0.25, -0.2) is 0 Å². The number of aliphatic hydroxyl groups is 1. The van der Waals surface area contributed by atoms with E-state index < -0.39 is 0 Å². The molecule has 1 aromatic heterocycles. The van der Waals surface area contributed by atoms with E-state index >= 15 is 0 Å². The molecule has 0 unspecified atom stereocenters. The monoisotopic (exact) mass is 221 g/mol. The maximum atomic E-state index is 8.85. The van der Waals surface area contributed by atoms with Crippen LogP contribution in [0.4, 0.5) is 5.82 Å². The van der Waals surface area contributed by atoms with Crippen LogP contribution in [0.25, 0.3) is 0 Å². The van der Waals surface area contributed by atoms with Crippen molar-refractivity contribution in [3.8, 4) is 0 Å². The van der Waals surface area contributed by atoms with Crippen LogP contribution in [-0.4, -0.2) is 33.0 Å². The fourth-order valence-electron chi connectivity index (χ4n) is 1.06. The molecule has 13 heavy (non-hydrogen) atoms. The molecule has 0 aromatic carbocycles. The van der Waals surface area contributed by atoms with Gasteiger partial charge in [0.25, 0.3) is 0 Å². The largest absolute Gasteiger partial charge is 0.395 e. The molecule has 1 heterocycles. The van der Waals surface area contributed by atoms with Crippen LogP contribution in [0.1, 0.15) is 13.8 Å². The van der Waals surface area contributed by atoms with E-state index in [2.05, 4.69) is 8.75 Å². The Labute approximate surface area is 86.5 Å². The highest BCUT2D eigenvalue weighted by molar-refractivity contribution is 6.99. The topological polar surface area (TPSA) is 49.2 Å². The molecule has 74 valence electrons. The standard InChI is InChI=1S/C7H12ClN3OS/c1-5(2)11(3-4-12)7-6(8)9-13-10-7/h5,12H,3-4H2,1-2H3. The Morgan fingerprint density at radius 1 is 1.54 bits per heavy atom. The summed E-state index contributed by atoms with van der Waals surface area (Å²) in [5.74, 6) is 0.663. The van der Waals surface area contributed by atoms with Crippen LogP contribution in [0.5, 0.6) is 0 Å². The summed E-state index contributed by atoms with van der Waals surface area (Å²) in [6, 6.07) is 0.258. The zero-order valence-electron chi connectivity index (χ0n) is 7.57. The molecule has 6 heteroatoms. The van der Waals surface area contributed by atoms with E-state index in [1.807, 2.05) is 18.7 Å². The van der Waals surface area contributed by atoms with Gasteiger partial charge in [-0.1, -0.05) is 11.6 Å². The molecule has 1 N–H and O–H groups in total. The Hall–Kier alpha value is -0.390. The number of anilines is 1. The second-order valence-electron chi connectivity index (χ2n) is 2.89. The highest BCUT2D eigenvalue weighted by Gasteiger charge is 2.16. The van der Waals surface area contributed by atoms with Crippen LogP contribution in [0.3, 0.4) is 0 Å². The number of hydrogen-bond acceptors (Lipinski definition) is 5. The van der Waals surface area contributed by atoms with Gasteiger partial charge in [0.15, 0.2) is 11.0 Å². The molecule has 1 rings (SSSR count). The van der Waals surface area contributed by atoms with Gasteiger partial charge < -0.3 is 10.0 Å². The maximum absolute atomic E-state index is 8.85. The van der Waals surface area contributed by atoms with Crippen molar-refractivity contribution < 1.29 is 5.11 Å². The van der Waals surface area contributed by atoms with Gasteiger partial charge >= 0.3 is 0 Å². The van der Waals surface area contributed by atoms with Gasteiger partial charge in [0.1, 0.15) is 0 Å². The molecular weight excluding hydrogens is 210 g/mol. The SMILES string of the molecule is CC(C)N(CCO)c1nsnc1Cl. The molecule has 0 amide bonds. The minimum Gasteiger partial charge on any atom is -0.395 e. The van der Waals surface area contributed by atoms with E-state index in [9.17, 15) is 0 Å². The van der Waals surface area contributed by atoms with Crippen molar-refractivity contribution in [3.05, 3.63) is 5.15 Å². The molecule has 0 bridgehead atoms. The van der Waals surface area contributed by atoms with Crippen LogP contribution in [0, 0.1) is 0 Å². The number of halogens is 1. The van der Waals surface area contributed by atoms with E-state index in [0.717, 1.165) is 11.7 Å². The van der Waals surface area contributed by atoms with Crippen LogP contribution in [0.15, 0.2) is 0 Å².